The number of rotatable bonds is 7. The van der Waals surface area contributed by atoms with Crippen molar-refractivity contribution < 1.29 is 19.1 Å². The number of hydrogen-bond donors (Lipinski definition) is 1. The van der Waals surface area contributed by atoms with Crippen LogP contribution in [0.25, 0.3) is 0 Å². The molecule has 168 valence electrons. The SMILES string of the molecule is COC(=O)CCC(=O)N[C@@H](C(=O)N1CC[C@H](C2=CCC(Cl)C=C2)C(C)(C)C1)C(C)C. The highest BCUT2D eigenvalue weighted by atomic mass is 35.5. The maximum absolute atomic E-state index is 13.3. The summed E-state index contributed by atoms with van der Waals surface area (Å²) < 4.78 is 4.57. The van der Waals surface area contributed by atoms with Crippen molar-refractivity contribution in [1.29, 1.82) is 0 Å². The van der Waals surface area contributed by atoms with Gasteiger partial charge in [-0.3, -0.25) is 14.4 Å². The van der Waals surface area contributed by atoms with Gasteiger partial charge in [0, 0.05) is 19.5 Å². The molecular weight excluding hydrogens is 404 g/mol. The number of carbonyl (C=O) groups is 3. The normalized spacial score (nSPS) is 24.2. The molecule has 7 heteroatoms. The maximum Gasteiger partial charge on any atom is 0.306 e. The van der Waals surface area contributed by atoms with E-state index in [0.717, 1.165) is 12.8 Å². The smallest absolute Gasteiger partial charge is 0.306 e. The second-order valence-corrected chi connectivity index (χ2v) is 9.83. The molecule has 0 spiro atoms. The summed E-state index contributed by atoms with van der Waals surface area (Å²) in [4.78, 5) is 38.7. The predicted octanol–water partition coefficient (Wildman–Crippen LogP) is 3.45. The zero-order valence-corrected chi connectivity index (χ0v) is 19.5. The number of ether oxygens (including phenoxy) is 1. The Morgan fingerprint density at radius 1 is 1.30 bits per heavy atom. The Hall–Kier alpha value is -1.82. The van der Waals surface area contributed by atoms with Crippen molar-refractivity contribution in [3.63, 3.8) is 0 Å². The van der Waals surface area contributed by atoms with Crippen molar-refractivity contribution in [3.8, 4) is 0 Å². The first-order valence-corrected chi connectivity index (χ1v) is 11.2. The summed E-state index contributed by atoms with van der Waals surface area (Å²) in [5.41, 5.74) is 1.22. The molecule has 6 nitrogen and oxygen atoms in total. The van der Waals surface area contributed by atoms with Crippen molar-refractivity contribution >= 4 is 29.4 Å². The van der Waals surface area contributed by atoms with E-state index in [0.29, 0.717) is 19.0 Å². The molecule has 0 aromatic carbocycles. The number of halogens is 1. The molecule has 1 heterocycles. The molecule has 1 saturated heterocycles. The van der Waals surface area contributed by atoms with Gasteiger partial charge in [0.1, 0.15) is 6.04 Å². The summed E-state index contributed by atoms with van der Waals surface area (Å²) in [5.74, 6) is -0.487. The Bertz CT molecular complexity index is 714. The highest BCUT2D eigenvalue weighted by Gasteiger charge is 2.41. The molecule has 2 aliphatic rings. The molecule has 1 fully saturated rings. The van der Waals surface area contributed by atoms with E-state index in [1.807, 2.05) is 24.8 Å². The van der Waals surface area contributed by atoms with E-state index in [1.54, 1.807) is 0 Å². The lowest BCUT2D eigenvalue weighted by Gasteiger charge is -2.46. The van der Waals surface area contributed by atoms with E-state index in [-0.39, 0.29) is 41.4 Å². The number of carbonyl (C=O) groups excluding carboxylic acids is 3. The fraction of sp³-hybridized carbons (Fsp3) is 0.696. The largest absolute Gasteiger partial charge is 0.469 e. The summed E-state index contributed by atoms with van der Waals surface area (Å²) >= 11 is 6.17. The van der Waals surface area contributed by atoms with E-state index >= 15 is 0 Å². The monoisotopic (exact) mass is 438 g/mol. The van der Waals surface area contributed by atoms with Crippen molar-refractivity contribution in [3.05, 3.63) is 23.8 Å². The van der Waals surface area contributed by atoms with Gasteiger partial charge in [0.2, 0.25) is 11.8 Å². The number of piperidine rings is 1. The summed E-state index contributed by atoms with van der Waals surface area (Å²) in [7, 11) is 1.29. The first-order chi connectivity index (χ1) is 14.0. The number of amides is 2. The van der Waals surface area contributed by atoms with Crippen LogP contribution >= 0.6 is 11.6 Å². The summed E-state index contributed by atoms with van der Waals surface area (Å²) in [6.07, 6.45) is 8.13. The quantitative estimate of drug-likeness (QED) is 0.488. The third-order valence-electron chi connectivity index (χ3n) is 6.05. The standard InChI is InChI=1S/C23H35ClN2O4/c1-15(2)21(25-19(27)10-11-20(28)30-5)22(29)26-13-12-18(23(3,4)14-26)16-6-8-17(24)9-7-16/h6-8,15,17-18,21H,9-14H2,1-5H3,(H,25,27)/t17?,18-,21-/m1/s1. The highest BCUT2D eigenvalue weighted by molar-refractivity contribution is 6.22. The van der Waals surface area contributed by atoms with Crippen LogP contribution in [0.1, 0.15) is 53.4 Å². The second-order valence-electron chi connectivity index (χ2n) is 9.27. The molecular formula is C23H35ClN2O4. The summed E-state index contributed by atoms with van der Waals surface area (Å²) in [6, 6.07) is -0.603. The molecule has 0 radical (unpaired) electrons. The number of alkyl halides is 1. The van der Waals surface area contributed by atoms with Crippen LogP contribution in [0.2, 0.25) is 0 Å². The van der Waals surface area contributed by atoms with E-state index in [9.17, 15) is 14.4 Å². The molecule has 1 aliphatic heterocycles. The minimum atomic E-state index is -0.603. The third kappa shape index (κ3) is 6.34. The van der Waals surface area contributed by atoms with Gasteiger partial charge in [-0.1, -0.05) is 45.9 Å². The lowest BCUT2D eigenvalue weighted by Crippen LogP contribution is -2.56. The first-order valence-electron chi connectivity index (χ1n) is 10.7. The predicted molar refractivity (Wildman–Crippen MR) is 118 cm³/mol. The van der Waals surface area contributed by atoms with Crippen LogP contribution in [0.15, 0.2) is 23.8 Å². The van der Waals surface area contributed by atoms with Gasteiger partial charge >= 0.3 is 5.97 Å². The second kappa shape index (κ2) is 10.5. The number of nitrogens with zero attached hydrogens (tertiary/aromatic N) is 1. The van der Waals surface area contributed by atoms with Crippen LogP contribution in [0.3, 0.4) is 0 Å². The van der Waals surface area contributed by atoms with Crippen molar-refractivity contribution in [2.75, 3.05) is 20.2 Å². The minimum absolute atomic E-state index is 0.00551. The van der Waals surface area contributed by atoms with Gasteiger partial charge in [0.25, 0.3) is 0 Å². The Kier molecular flexibility index (Phi) is 8.53. The van der Waals surface area contributed by atoms with E-state index in [2.05, 4.69) is 36.1 Å². The van der Waals surface area contributed by atoms with Crippen molar-refractivity contribution in [2.45, 2.75) is 64.8 Å². The molecule has 2 rings (SSSR count). The van der Waals surface area contributed by atoms with Crippen LogP contribution in [0.4, 0.5) is 0 Å². The fourth-order valence-corrected chi connectivity index (χ4v) is 4.47. The fourth-order valence-electron chi connectivity index (χ4n) is 4.31. The number of likely N-dealkylation sites (tertiary alicyclic amines) is 1. The number of methoxy groups -OCH3 is 1. The van der Waals surface area contributed by atoms with Crippen LogP contribution < -0.4 is 5.32 Å². The Labute approximate surface area is 185 Å². The van der Waals surface area contributed by atoms with Crippen LogP contribution in [0, 0.1) is 17.3 Å². The molecule has 0 saturated carbocycles. The molecule has 30 heavy (non-hydrogen) atoms. The van der Waals surface area contributed by atoms with Gasteiger partial charge in [-0.2, -0.15) is 0 Å². The zero-order chi connectivity index (χ0) is 22.5. The molecule has 1 N–H and O–H groups in total. The van der Waals surface area contributed by atoms with Crippen LogP contribution in [-0.2, 0) is 19.1 Å². The van der Waals surface area contributed by atoms with Gasteiger partial charge < -0.3 is 15.0 Å². The minimum Gasteiger partial charge on any atom is -0.469 e. The summed E-state index contributed by atoms with van der Waals surface area (Å²) in [6.45, 7) is 9.51. The summed E-state index contributed by atoms with van der Waals surface area (Å²) in [5, 5.41) is 2.89. The topological polar surface area (TPSA) is 75.7 Å². The van der Waals surface area contributed by atoms with Crippen LogP contribution in [0.5, 0.6) is 0 Å². The van der Waals surface area contributed by atoms with Crippen molar-refractivity contribution in [2.24, 2.45) is 17.3 Å². The lowest BCUT2D eigenvalue weighted by molar-refractivity contribution is -0.143. The van der Waals surface area contributed by atoms with Gasteiger partial charge in [-0.15, -0.1) is 11.6 Å². The van der Waals surface area contributed by atoms with E-state index < -0.39 is 12.0 Å². The molecule has 1 aliphatic carbocycles. The number of allylic oxidation sites excluding steroid dienone is 4. The molecule has 2 amide bonds. The molecule has 3 atom stereocenters. The Balaban J connectivity index is 2.02. The van der Waals surface area contributed by atoms with Crippen molar-refractivity contribution in [1.82, 2.24) is 10.2 Å². The molecule has 0 aromatic rings. The molecule has 1 unspecified atom stereocenters. The third-order valence-corrected chi connectivity index (χ3v) is 6.38. The van der Waals surface area contributed by atoms with E-state index in [1.165, 1.54) is 12.7 Å². The number of esters is 1. The number of hydrogen-bond acceptors (Lipinski definition) is 4. The van der Waals surface area contributed by atoms with Gasteiger partial charge in [0.05, 0.1) is 18.9 Å². The van der Waals surface area contributed by atoms with Gasteiger partial charge in [0.15, 0.2) is 0 Å². The first kappa shape index (κ1) is 24.4. The van der Waals surface area contributed by atoms with E-state index in [4.69, 9.17) is 11.6 Å². The van der Waals surface area contributed by atoms with Crippen LogP contribution in [-0.4, -0.2) is 54.3 Å². The average Bonchev–Trinajstić information content (AvgIpc) is 2.69. The van der Waals surface area contributed by atoms with Gasteiger partial charge in [-0.05, 0) is 35.7 Å². The molecule has 0 aromatic heterocycles. The highest BCUT2D eigenvalue weighted by Crippen LogP contribution is 2.41. The molecule has 0 bridgehead atoms. The zero-order valence-electron chi connectivity index (χ0n) is 18.7. The Morgan fingerprint density at radius 2 is 2.00 bits per heavy atom. The average molecular weight is 439 g/mol. The number of nitrogens with one attached hydrogen (secondary N) is 1. The van der Waals surface area contributed by atoms with Gasteiger partial charge in [-0.25, -0.2) is 0 Å². The lowest BCUT2D eigenvalue weighted by atomic mass is 9.69. The Morgan fingerprint density at radius 3 is 2.53 bits per heavy atom. The maximum atomic E-state index is 13.3.